The van der Waals surface area contributed by atoms with E-state index in [-0.39, 0.29) is 6.79 Å². The minimum Gasteiger partial charge on any atom is -0.454 e. The fraction of sp³-hybridized carbons (Fsp3) is 0.176. The second-order valence-electron chi connectivity index (χ2n) is 5.44. The average molecular weight is 325 g/mol. The molecule has 3 aromatic rings. The molecule has 0 aliphatic carbocycles. The molecule has 4 rings (SSSR count). The maximum absolute atomic E-state index is 5.78. The Morgan fingerprint density at radius 1 is 1.17 bits per heavy atom. The number of nitrogens with zero attached hydrogens (tertiary/aromatic N) is 2. The standard InChI is InChI=1S/C17H15N3O2S/c18-16(23)9-20-13-8-15-14(21-10-22-15)7-12(13)19-17(20)6-11-4-2-1-3-5-11/h1-5,7-8H,6,9-10H2,(H2,18,23). The Labute approximate surface area is 138 Å². The third-order valence-corrected chi connectivity index (χ3v) is 3.97. The number of benzene rings is 2. The quantitative estimate of drug-likeness (QED) is 0.747. The normalized spacial score (nSPS) is 12.7. The molecule has 1 aliphatic heterocycles. The zero-order chi connectivity index (χ0) is 15.8. The summed E-state index contributed by atoms with van der Waals surface area (Å²) in [4.78, 5) is 5.18. The molecule has 2 N–H and O–H groups in total. The molecule has 0 unspecified atom stereocenters. The molecule has 23 heavy (non-hydrogen) atoms. The smallest absolute Gasteiger partial charge is 0.231 e. The van der Waals surface area contributed by atoms with Gasteiger partial charge in [0.2, 0.25) is 6.79 Å². The van der Waals surface area contributed by atoms with Gasteiger partial charge < -0.3 is 19.8 Å². The zero-order valence-corrected chi connectivity index (χ0v) is 13.2. The number of ether oxygens (including phenoxy) is 2. The average Bonchev–Trinajstić information content (AvgIpc) is 3.11. The van der Waals surface area contributed by atoms with Crippen molar-refractivity contribution in [3.8, 4) is 11.5 Å². The van der Waals surface area contributed by atoms with Gasteiger partial charge in [-0.1, -0.05) is 42.5 Å². The van der Waals surface area contributed by atoms with Crippen LogP contribution in [-0.2, 0) is 13.0 Å². The lowest BCUT2D eigenvalue weighted by Crippen LogP contribution is -2.18. The van der Waals surface area contributed by atoms with Gasteiger partial charge in [0.15, 0.2) is 11.5 Å². The van der Waals surface area contributed by atoms with Gasteiger partial charge >= 0.3 is 0 Å². The molecule has 0 bridgehead atoms. The number of fused-ring (bicyclic) bond motifs is 2. The first-order valence-corrected chi connectivity index (χ1v) is 7.72. The van der Waals surface area contributed by atoms with E-state index in [0.29, 0.717) is 18.0 Å². The maximum atomic E-state index is 5.78. The van der Waals surface area contributed by atoms with Crippen molar-refractivity contribution in [2.75, 3.05) is 6.79 Å². The lowest BCUT2D eigenvalue weighted by Gasteiger charge is -2.08. The second kappa shape index (κ2) is 5.55. The second-order valence-corrected chi connectivity index (χ2v) is 5.96. The van der Waals surface area contributed by atoms with E-state index in [1.165, 1.54) is 5.56 Å². The first-order chi connectivity index (χ1) is 11.2. The predicted octanol–water partition coefficient (Wildman–Crippen LogP) is 2.64. The molecule has 1 aliphatic rings. The van der Waals surface area contributed by atoms with E-state index in [9.17, 15) is 0 Å². The van der Waals surface area contributed by atoms with E-state index in [1.807, 2.05) is 34.9 Å². The van der Waals surface area contributed by atoms with Gasteiger partial charge in [-0.2, -0.15) is 0 Å². The summed E-state index contributed by atoms with van der Waals surface area (Å²) in [6, 6.07) is 14.0. The van der Waals surface area contributed by atoms with E-state index in [1.54, 1.807) is 0 Å². The number of nitrogens with two attached hydrogens (primary N) is 1. The van der Waals surface area contributed by atoms with Crippen molar-refractivity contribution in [1.29, 1.82) is 0 Å². The van der Waals surface area contributed by atoms with E-state index in [0.717, 1.165) is 28.4 Å². The van der Waals surface area contributed by atoms with Gasteiger partial charge in [-0.15, -0.1) is 0 Å². The minimum atomic E-state index is 0.244. The zero-order valence-electron chi connectivity index (χ0n) is 12.4. The van der Waals surface area contributed by atoms with Gasteiger partial charge in [-0.05, 0) is 5.56 Å². The molecule has 0 saturated carbocycles. The molecule has 5 nitrogen and oxygen atoms in total. The van der Waals surface area contributed by atoms with E-state index in [4.69, 9.17) is 32.4 Å². The molecule has 1 aromatic heterocycles. The molecule has 2 aromatic carbocycles. The van der Waals surface area contributed by atoms with Gasteiger partial charge in [-0.3, -0.25) is 0 Å². The molecule has 116 valence electrons. The van der Waals surface area contributed by atoms with Gasteiger partial charge in [0, 0.05) is 18.6 Å². The lowest BCUT2D eigenvalue weighted by molar-refractivity contribution is 0.174. The predicted molar refractivity (Wildman–Crippen MR) is 91.9 cm³/mol. The SMILES string of the molecule is NC(=S)Cn1c(Cc2ccccc2)nc2cc3c(cc21)OCO3. The number of thiocarbonyl (C=S) groups is 1. The Bertz CT molecular complexity index is 890. The van der Waals surface area contributed by atoms with Crippen LogP contribution >= 0.6 is 12.2 Å². The number of rotatable bonds is 4. The third kappa shape index (κ3) is 2.61. The highest BCUT2D eigenvalue weighted by Crippen LogP contribution is 2.36. The monoisotopic (exact) mass is 325 g/mol. The summed E-state index contributed by atoms with van der Waals surface area (Å²) >= 11 is 5.10. The number of hydrogen-bond acceptors (Lipinski definition) is 4. The van der Waals surface area contributed by atoms with Gasteiger partial charge in [0.05, 0.1) is 22.6 Å². The Hall–Kier alpha value is -2.60. The van der Waals surface area contributed by atoms with E-state index >= 15 is 0 Å². The highest BCUT2D eigenvalue weighted by molar-refractivity contribution is 7.80. The molecule has 6 heteroatoms. The van der Waals surface area contributed by atoms with Crippen LogP contribution in [0.25, 0.3) is 11.0 Å². The highest BCUT2D eigenvalue weighted by Gasteiger charge is 2.19. The van der Waals surface area contributed by atoms with Crippen LogP contribution in [0, 0.1) is 0 Å². The summed E-state index contributed by atoms with van der Waals surface area (Å²) in [5.74, 6) is 2.37. The summed E-state index contributed by atoms with van der Waals surface area (Å²) in [5.41, 5.74) is 8.77. The van der Waals surface area contributed by atoms with Crippen LogP contribution < -0.4 is 15.2 Å². The molecule has 0 atom stereocenters. The van der Waals surface area contributed by atoms with Gasteiger partial charge in [0.1, 0.15) is 5.82 Å². The van der Waals surface area contributed by atoms with Crippen LogP contribution in [-0.4, -0.2) is 21.3 Å². The Kier molecular flexibility index (Phi) is 3.38. The van der Waals surface area contributed by atoms with Gasteiger partial charge in [-0.25, -0.2) is 4.98 Å². The summed E-state index contributed by atoms with van der Waals surface area (Å²) in [7, 11) is 0. The Balaban J connectivity index is 1.83. The van der Waals surface area contributed by atoms with Crippen LogP contribution in [0.2, 0.25) is 0 Å². The number of aromatic nitrogens is 2. The largest absolute Gasteiger partial charge is 0.454 e. The molecule has 0 fully saturated rings. The highest BCUT2D eigenvalue weighted by atomic mass is 32.1. The summed E-state index contributed by atoms with van der Waals surface area (Å²) in [6.07, 6.45) is 0.713. The summed E-state index contributed by atoms with van der Waals surface area (Å²) < 4.78 is 12.9. The first kappa shape index (κ1) is 14.0. The number of hydrogen-bond donors (Lipinski definition) is 1. The lowest BCUT2D eigenvalue weighted by atomic mass is 10.1. The van der Waals surface area contributed by atoms with E-state index < -0.39 is 0 Å². The van der Waals surface area contributed by atoms with Crippen molar-refractivity contribution in [2.24, 2.45) is 5.73 Å². The minimum absolute atomic E-state index is 0.244. The van der Waals surface area contributed by atoms with Crippen LogP contribution in [0.3, 0.4) is 0 Å². The first-order valence-electron chi connectivity index (χ1n) is 7.32. The molecule has 0 amide bonds. The Morgan fingerprint density at radius 2 is 1.91 bits per heavy atom. The molecule has 0 saturated heterocycles. The molecule has 2 heterocycles. The molecule has 0 radical (unpaired) electrons. The fourth-order valence-electron chi connectivity index (χ4n) is 2.81. The molecule has 0 spiro atoms. The summed E-state index contributed by atoms with van der Waals surface area (Å²) in [5, 5.41) is 0. The fourth-order valence-corrected chi connectivity index (χ4v) is 2.94. The van der Waals surface area contributed by atoms with Crippen LogP contribution in [0.5, 0.6) is 11.5 Å². The van der Waals surface area contributed by atoms with Gasteiger partial charge in [0.25, 0.3) is 0 Å². The number of imidazole rings is 1. The van der Waals surface area contributed by atoms with E-state index in [2.05, 4.69) is 12.1 Å². The topological polar surface area (TPSA) is 62.3 Å². The molecular formula is C17H15N3O2S. The van der Waals surface area contributed by atoms with Crippen molar-refractivity contribution in [2.45, 2.75) is 13.0 Å². The van der Waals surface area contributed by atoms with Crippen LogP contribution in [0.1, 0.15) is 11.4 Å². The van der Waals surface area contributed by atoms with Crippen molar-refractivity contribution < 1.29 is 9.47 Å². The van der Waals surface area contributed by atoms with Crippen molar-refractivity contribution >= 4 is 28.2 Å². The van der Waals surface area contributed by atoms with Crippen LogP contribution in [0.15, 0.2) is 42.5 Å². The summed E-state index contributed by atoms with van der Waals surface area (Å²) in [6.45, 7) is 0.696. The third-order valence-electron chi connectivity index (χ3n) is 3.84. The Morgan fingerprint density at radius 3 is 2.65 bits per heavy atom. The van der Waals surface area contributed by atoms with Crippen LogP contribution in [0.4, 0.5) is 0 Å². The van der Waals surface area contributed by atoms with Crippen molar-refractivity contribution in [1.82, 2.24) is 9.55 Å². The maximum Gasteiger partial charge on any atom is 0.231 e. The molecular weight excluding hydrogens is 310 g/mol. The van der Waals surface area contributed by atoms with Crippen molar-refractivity contribution in [3.05, 3.63) is 53.9 Å². The van der Waals surface area contributed by atoms with Crippen molar-refractivity contribution in [3.63, 3.8) is 0 Å².